The summed E-state index contributed by atoms with van der Waals surface area (Å²) in [4.78, 5) is 4.54. The summed E-state index contributed by atoms with van der Waals surface area (Å²) in [5, 5.41) is 3.66. The van der Waals surface area contributed by atoms with Gasteiger partial charge in [-0.05, 0) is 17.7 Å². The van der Waals surface area contributed by atoms with Crippen LogP contribution in [0.4, 0.5) is 13.2 Å². The summed E-state index contributed by atoms with van der Waals surface area (Å²) in [6.07, 6.45) is -3.53. The Balaban J connectivity index is 1.94. The molecule has 0 saturated heterocycles. The number of alkyl halides is 3. The molecule has 4 aromatic rings. The number of benzene rings is 2. The summed E-state index contributed by atoms with van der Waals surface area (Å²) >= 11 is 1.06. The molecule has 0 bridgehead atoms. The molecule has 0 aliphatic heterocycles. The zero-order valence-corrected chi connectivity index (χ0v) is 15.9. The zero-order chi connectivity index (χ0) is 20.1. The predicted octanol–water partition coefficient (Wildman–Crippen LogP) is 4.55. The van der Waals surface area contributed by atoms with Gasteiger partial charge < -0.3 is 0 Å². The topological polar surface area (TPSA) is 64.3 Å². The van der Waals surface area contributed by atoms with E-state index in [4.69, 9.17) is 0 Å². The van der Waals surface area contributed by atoms with Crippen LogP contribution in [0.2, 0.25) is 0 Å². The van der Waals surface area contributed by atoms with Crippen molar-refractivity contribution in [1.82, 2.24) is 14.6 Å². The smallest absolute Gasteiger partial charge is 0.224 e. The van der Waals surface area contributed by atoms with E-state index in [9.17, 15) is 21.6 Å². The Bertz CT molecular complexity index is 1260. The van der Waals surface area contributed by atoms with Crippen molar-refractivity contribution in [2.24, 2.45) is 0 Å². The van der Waals surface area contributed by atoms with Crippen molar-refractivity contribution in [1.29, 1.82) is 0 Å². The molecule has 2 heterocycles. The van der Waals surface area contributed by atoms with Crippen molar-refractivity contribution < 1.29 is 21.6 Å². The maximum Gasteiger partial charge on any atom is 0.453 e. The molecule has 0 spiro atoms. The van der Waals surface area contributed by atoms with E-state index in [0.29, 0.717) is 21.7 Å². The van der Waals surface area contributed by atoms with Crippen molar-refractivity contribution in [2.45, 2.75) is 11.1 Å². The maximum atomic E-state index is 13.0. The Morgan fingerprint density at radius 2 is 1.61 bits per heavy atom. The fourth-order valence-electron chi connectivity index (χ4n) is 2.76. The normalized spacial score (nSPS) is 12.6. The van der Waals surface area contributed by atoms with Crippen molar-refractivity contribution in [3.8, 4) is 21.7 Å². The SMILES string of the molecule is CS(=O)(=O)c1ccc(-c2sc3nc(C(F)(F)F)nn3c2-c2ccccc2)cc1. The highest BCUT2D eigenvalue weighted by Gasteiger charge is 2.37. The number of hydrogen-bond donors (Lipinski definition) is 0. The predicted molar refractivity (Wildman–Crippen MR) is 99.8 cm³/mol. The molecular weight excluding hydrogens is 411 g/mol. The van der Waals surface area contributed by atoms with E-state index in [2.05, 4.69) is 10.1 Å². The molecule has 0 atom stereocenters. The standard InChI is InChI=1S/C18H12F3N3O2S2/c1-28(25,26)13-9-7-12(8-10-13)15-14(11-5-3-2-4-6-11)24-17(27-15)22-16(23-24)18(19,20)21/h2-10H,1H3. The van der Waals surface area contributed by atoms with Crippen molar-refractivity contribution in [3.63, 3.8) is 0 Å². The zero-order valence-electron chi connectivity index (χ0n) is 14.3. The number of halogens is 3. The van der Waals surface area contributed by atoms with Crippen LogP contribution < -0.4 is 0 Å². The molecule has 2 aromatic carbocycles. The van der Waals surface area contributed by atoms with Gasteiger partial charge in [0.25, 0.3) is 5.82 Å². The Labute approximate surface area is 162 Å². The molecule has 0 unspecified atom stereocenters. The number of thiazole rings is 1. The van der Waals surface area contributed by atoms with Crippen LogP contribution in [-0.4, -0.2) is 29.3 Å². The summed E-state index contributed by atoms with van der Waals surface area (Å²) in [7, 11) is -3.35. The Morgan fingerprint density at radius 3 is 2.18 bits per heavy atom. The molecule has 0 N–H and O–H groups in total. The minimum atomic E-state index is -4.64. The van der Waals surface area contributed by atoms with Gasteiger partial charge in [-0.1, -0.05) is 53.8 Å². The number of nitrogens with zero attached hydrogens (tertiary/aromatic N) is 3. The molecule has 0 amide bonds. The van der Waals surface area contributed by atoms with E-state index in [-0.39, 0.29) is 9.86 Å². The van der Waals surface area contributed by atoms with E-state index in [0.717, 1.165) is 17.6 Å². The van der Waals surface area contributed by atoms with Crippen molar-refractivity contribution in [2.75, 3.05) is 6.26 Å². The molecule has 0 radical (unpaired) electrons. The Hall–Kier alpha value is -2.72. The van der Waals surface area contributed by atoms with E-state index in [1.54, 1.807) is 42.5 Å². The van der Waals surface area contributed by atoms with Crippen molar-refractivity contribution >= 4 is 26.1 Å². The summed E-state index contributed by atoms with van der Waals surface area (Å²) < 4.78 is 63.6. The van der Waals surface area contributed by atoms with Crippen LogP contribution in [0.3, 0.4) is 0 Å². The average molecular weight is 423 g/mol. The summed E-state index contributed by atoms with van der Waals surface area (Å²) in [6.45, 7) is 0. The molecule has 0 aliphatic carbocycles. The number of aromatic nitrogens is 3. The Morgan fingerprint density at radius 1 is 0.964 bits per heavy atom. The first-order chi connectivity index (χ1) is 13.1. The van der Waals surface area contributed by atoms with E-state index in [1.165, 1.54) is 16.6 Å². The monoisotopic (exact) mass is 423 g/mol. The second-order valence-corrected chi connectivity index (χ2v) is 9.06. The summed E-state index contributed by atoms with van der Waals surface area (Å²) in [5.74, 6) is -1.20. The lowest BCUT2D eigenvalue weighted by Crippen LogP contribution is -2.08. The molecule has 0 aliphatic rings. The van der Waals surface area contributed by atoms with Crippen LogP contribution in [0.15, 0.2) is 59.5 Å². The third-order valence-corrected chi connectivity index (χ3v) is 6.25. The minimum absolute atomic E-state index is 0.105. The van der Waals surface area contributed by atoms with Crippen LogP contribution in [-0.2, 0) is 16.0 Å². The van der Waals surface area contributed by atoms with Gasteiger partial charge in [-0.2, -0.15) is 18.2 Å². The molecule has 2 aromatic heterocycles. The highest BCUT2D eigenvalue weighted by Crippen LogP contribution is 2.40. The number of fused-ring (bicyclic) bond motifs is 1. The first-order valence-corrected chi connectivity index (χ1v) is 10.7. The summed E-state index contributed by atoms with van der Waals surface area (Å²) in [6, 6.07) is 15.1. The van der Waals surface area contributed by atoms with Crippen LogP contribution in [0.1, 0.15) is 5.82 Å². The first kappa shape index (κ1) is 18.6. The van der Waals surface area contributed by atoms with E-state index >= 15 is 0 Å². The molecule has 5 nitrogen and oxygen atoms in total. The third kappa shape index (κ3) is 3.29. The van der Waals surface area contributed by atoms with Gasteiger partial charge in [0.05, 0.1) is 15.5 Å². The molecule has 0 saturated carbocycles. The number of sulfone groups is 1. The quantitative estimate of drug-likeness (QED) is 0.485. The molecule has 4 rings (SSSR count). The first-order valence-electron chi connectivity index (χ1n) is 7.97. The second kappa shape index (κ2) is 6.42. The number of hydrogen-bond acceptors (Lipinski definition) is 5. The highest BCUT2D eigenvalue weighted by molar-refractivity contribution is 7.90. The lowest BCUT2D eigenvalue weighted by molar-refractivity contribution is -0.144. The average Bonchev–Trinajstić information content (AvgIpc) is 3.19. The van der Waals surface area contributed by atoms with E-state index < -0.39 is 21.8 Å². The molecular formula is C18H12F3N3O2S2. The second-order valence-electron chi connectivity index (χ2n) is 6.07. The lowest BCUT2D eigenvalue weighted by Gasteiger charge is -2.06. The highest BCUT2D eigenvalue weighted by atomic mass is 32.2. The van der Waals surface area contributed by atoms with Crippen molar-refractivity contribution in [3.05, 3.63) is 60.4 Å². The van der Waals surface area contributed by atoms with Crippen LogP contribution in [0.25, 0.3) is 26.7 Å². The van der Waals surface area contributed by atoms with Gasteiger partial charge >= 0.3 is 6.18 Å². The van der Waals surface area contributed by atoms with E-state index in [1.807, 2.05) is 0 Å². The summed E-state index contributed by atoms with van der Waals surface area (Å²) in [5.41, 5.74) is 1.81. The third-order valence-electron chi connectivity index (χ3n) is 4.04. The lowest BCUT2D eigenvalue weighted by atomic mass is 10.1. The fraction of sp³-hybridized carbons (Fsp3) is 0.111. The number of rotatable bonds is 3. The van der Waals surface area contributed by atoms with Gasteiger partial charge in [0.15, 0.2) is 9.84 Å². The fourth-order valence-corrected chi connectivity index (χ4v) is 4.48. The molecule has 0 fully saturated rings. The van der Waals surface area contributed by atoms with Gasteiger partial charge in [-0.3, -0.25) is 0 Å². The van der Waals surface area contributed by atoms with Gasteiger partial charge in [-0.15, -0.1) is 5.10 Å². The maximum absolute atomic E-state index is 13.0. The van der Waals surface area contributed by atoms with Gasteiger partial charge in [0, 0.05) is 11.8 Å². The largest absolute Gasteiger partial charge is 0.453 e. The van der Waals surface area contributed by atoms with Crippen LogP contribution in [0.5, 0.6) is 0 Å². The van der Waals surface area contributed by atoms with Crippen LogP contribution in [0, 0.1) is 0 Å². The van der Waals surface area contributed by atoms with Crippen LogP contribution >= 0.6 is 11.3 Å². The van der Waals surface area contributed by atoms with Gasteiger partial charge in [-0.25, -0.2) is 12.9 Å². The van der Waals surface area contributed by atoms with Gasteiger partial charge in [0.2, 0.25) is 4.96 Å². The molecule has 144 valence electrons. The molecule has 28 heavy (non-hydrogen) atoms. The minimum Gasteiger partial charge on any atom is -0.224 e. The Kier molecular flexibility index (Phi) is 4.27. The molecule has 10 heteroatoms. The van der Waals surface area contributed by atoms with Gasteiger partial charge in [0.1, 0.15) is 0 Å².